The zero-order chi connectivity index (χ0) is 16.1. The van der Waals surface area contributed by atoms with E-state index in [-0.39, 0.29) is 5.91 Å². The van der Waals surface area contributed by atoms with Gasteiger partial charge in [-0.2, -0.15) is 0 Å². The van der Waals surface area contributed by atoms with E-state index in [0.717, 1.165) is 58.0 Å². The third-order valence-electron chi connectivity index (χ3n) is 4.24. The Hall–Kier alpha value is -1.41. The Morgan fingerprint density at radius 2 is 1.78 bits per heavy atom. The van der Waals surface area contributed by atoms with E-state index in [0.29, 0.717) is 11.7 Å². The van der Waals surface area contributed by atoms with Gasteiger partial charge in [0.05, 0.1) is 24.0 Å². The number of aromatic nitrogens is 2. The topological polar surface area (TPSA) is 52.6 Å². The van der Waals surface area contributed by atoms with E-state index in [1.807, 2.05) is 4.90 Å². The van der Waals surface area contributed by atoms with E-state index in [9.17, 15) is 9.18 Å². The molecule has 1 aromatic rings. The van der Waals surface area contributed by atoms with Gasteiger partial charge in [-0.15, -0.1) is 11.8 Å². The van der Waals surface area contributed by atoms with Gasteiger partial charge in [0.15, 0.2) is 5.82 Å². The first-order valence-corrected chi connectivity index (χ1v) is 9.18. The lowest BCUT2D eigenvalue weighted by molar-refractivity contribution is -0.126. The Labute approximate surface area is 140 Å². The van der Waals surface area contributed by atoms with Crippen LogP contribution in [0.15, 0.2) is 12.4 Å². The number of nitrogens with zero attached hydrogens (tertiary/aromatic N) is 5. The number of thioether (sulfide) groups is 1. The molecule has 2 saturated heterocycles. The molecule has 3 rings (SSSR count). The molecule has 3 heterocycles. The molecular formula is C15H22FN5OS. The number of hydrogen-bond acceptors (Lipinski definition) is 6. The van der Waals surface area contributed by atoms with Crippen LogP contribution in [-0.2, 0) is 4.79 Å². The molecule has 1 amide bonds. The largest absolute Gasteiger partial charge is 0.338 e. The summed E-state index contributed by atoms with van der Waals surface area (Å²) in [6, 6.07) is 0. The van der Waals surface area contributed by atoms with Gasteiger partial charge in [-0.3, -0.25) is 9.69 Å². The molecule has 126 valence electrons. The van der Waals surface area contributed by atoms with E-state index in [4.69, 9.17) is 0 Å². The standard InChI is InChI=1S/C15H22FN5OS/c16-13-9-17-15(18-10-13)20-7-5-19(6-8-20)3-1-2-4-21-12-23-11-14(21)22/h9-10H,1-8,11-12H2. The maximum Gasteiger partial charge on any atom is 0.233 e. The highest BCUT2D eigenvalue weighted by molar-refractivity contribution is 8.00. The fraction of sp³-hybridized carbons (Fsp3) is 0.667. The number of unbranched alkanes of at least 4 members (excludes halogenated alkanes) is 1. The molecule has 2 aliphatic heterocycles. The molecule has 0 saturated carbocycles. The van der Waals surface area contributed by atoms with Crippen molar-refractivity contribution < 1.29 is 9.18 Å². The van der Waals surface area contributed by atoms with Crippen LogP contribution in [0.5, 0.6) is 0 Å². The molecule has 0 atom stereocenters. The van der Waals surface area contributed by atoms with Crippen LogP contribution in [0.1, 0.15) is 12.8 Å². The van der Waals surface area contributed by atoms with Crippen LogP contribution >= 0.6 is 11.8 Å². The van der Waals surface area contributed by atoms with Crippen molar-refractivity contribution in [3.05, 3.63) is 18.2 Å². The normalized spacial score (nSPS) is 19.6. The SMILES string of the molecule is O=C1CSCN1CCCCN1CCN(c2ncc(F)cn2)CC1. The van der Waals surface area contributed by atoms with E-state index in [1.54, 1.807) is 11.8 Å². The van der Waals surface area contributed by atoms with E-state index < -0.39 is 5.82 Å². The average Bonchev–Trinajstić information content (AvgIpc) is 2.98. The van der Waals surface area contributed by atoms with Crippen molar-refractivity contribution in [1.82, 2.24) is 19.8 Å². The summed E-state index contributed by atoms with van der Waals surface area (Å²) in [5.41, 5.74) is 0. The number of hydrogen-bond donors (Lipinski definition) is 0. The predicted octanol–water partition coefficient (Wildman–Crippen LogP) is 1.05. The summed E-state index contributed by atoms with van der Waals surface area (Å²) >= 11 is 1.70. The quantitative estimate of drug-likeness (QED) is 0.722. The summed E-state index contributed by atoms with van der Waals surface area (Å²) in [7, 11) is 0. The number of rotatable bonds is 6. The molecule has 1 aromatic heterocycles. The van der Waals surface area contributed by atoms with Crippen molar-refractivity contribution in [2.75, 3.05) is 55.8 Å². The first kappa shape index (κ1) is 16.4. The van der Waals surface area contributed by atoms with Crippen LogP contribution in [-0.4, -0.2) is 76.6 Å². The summed E-state index contributed by atoms with van der Waals surface area (Å²) in [4.78, 5) is 26.1. The highest BCUT2D eigenvalue weighted by atomic mass is 32.2. The summed E-state index contributed by atoms with van der Waals surface area (Å²) in [6.45, 7) is 5.63. The molecule has 8 heteroatoms. The zero-order valence-corrected chi connectivity index (χ0v) is 14.0. The molecule has 23 heavy (non-hydrogen) atoms. The fourth-order valence-corrected chi connectivity index (χ4v) is 3.82. The Morgan fingerprint density at radius 3 is 2.43 bits per heavy atom. The Morgan fingerprint density at radius 1 is 1.09 bits per heavy atom. The van der Waals surface area contributed by atoms with Crippen molar-refractivity contribution in [2.24, 2.45) is 0 Å². The average molecular weight is 339 g/mol. The molecule has 0 unspecified atom stereocenters. The number of carbonyl (C=O) groups is 1. The predicted molar refractivity (Wildman–Crippen MR) is 88.9 cm³/mol. The van der Waals surface area contributed by atoms with E-state index in [2.05, 4.69) is 19.8 Å². The first-order valence-electron chi connectivity index (χ1n) is 8.03. The second-order valence-corrected chi connectivity index (χ2v) is 6.83. The maximum atomic E-state index is 12.8. The van der Waals surface area contributed by atoms with Gasteiger partial charge in [-0.25, -0.2) is 14.4 Å². The number of amides is 1. The molecule has 2 aliphatic rings. The minimum Gasteiger partial charge on any atom is -0.338 e. The molecule has 0 spiro atoms. The van der Waals surface area contributed by atoms with Crippen molar-refractivity contribution in [1.29, 1.82) is 0 Å². The van der Waals surface area contributed by atoms with Gasteiger partial charge < -0.3 is 9.80 Å². The van der Waals surface area contributed by atoms with Crippen molar-refractivity contribution in [3.8, 4) is 0 Å². The minimum atomic E-state index is -0.401. The van der Waals surface area contributed by atoms with Gasteiger partial charge >= 0.3 is 0 Å². The second-order valence-electron chi connectivity index (χ2n) is 5.87. The van der Waals surface area contributed by atoms with E-state index >= 15 is 0 Å². The molecule has 2 fully saturated rings. The lowest BCUT2D eigenvalue weighted by Crippen LogP contribution is -2.47. The lowest BCUT2D eigenvalue weighted by atomic mass is 10.2. The lowest BCUT2D eigenvalue weighted by Gasteiger charge is -2.34. The number of anilines is 1. The number of halogens is 1. The smallest absolute Gasteiger partial charge is 0.233 e. The molecule has 0 N–H and O–H groups in total. The van der Waals surface area contributed by atoms with Crippen LogP contribution < -0.4 is 4.90 Å². The third-order valence-corrected chi connectivity index (χ3v) is 5.18. The van der Waals surface area contributed by atoms with Crippen LogP contribution in [0, 0.1) is 5.82 Å². The Balaban J connectivity index is 1.33. The van der Waals surface area contributed by atoms with Gasteiger partial charge in [0.2, 0.25) is 11.9 Å². The van der Waals surface area contributed by atoms with Gasteiger partial charge in [-0.05, 0) is 19.4 Å². The third kappa shape index (κ3) is 4.54. The Bertz CT molecular complexity index is 521. The number of piperazine rings is 1. The van der Waals surface area contributed by atoms with Gasteiger partial charge in [0.1, 0.15) is 0 Å². The molecule has 0 radical (unpaired) electrons. The molecule has 6 nitrogen and oxygen atoms in total. The summed E-state index contributed by atoms with van der Waals surface area (Å²) in [5, 5.41) is 0. The first-order chi connectivity index (χ1) is 11.2. The number of carbonyl (C=O) groups excluding carboxylic acids is 1. The van der Waals surface area contributed by atoms with Crippen molar-refractivity contribution in [2.45, 2.75) is 12.8 Å². The second kappa shape index (κ2) is 7.92. The molecular weight excluding hydrogens is 317 g/mol. The molecule has 0 aliphatic carbocycles. The van der Waals surface area contributed by atoms with E-state index in [1.165, 1.54) is 12.4 Å². The van der Waals surface area contributed by atoms with Crippen LogP contribution in [0.3, 0.4) is 0 Å². The molecule has 0 aromatic carbocycles. The van der Waals surface area contributed by atoms with Crippen molar-refractivity contribution in [3.63, 3.8) is 0 Å². The van der Waals surface area contributed by atoms with Gasteiger partial charge in [0, 0.05) is 32.7 Å². The minimum absolute atomic E-state index is 0.280. The summed E-state index contributed by atoms with van der Waals surface area (Å²) in [5.74, 6) is 1.99. The van der Waals surface area contributed by atoms with Crippen LogP contribution in [0.4, 0.5) is 10.3 Å². The maximum absolute atomic E-state index is 12.8. The highest BCUT2D eigenvalue weighted by Gasteiger charge is 2.21. The Kier molecular flexibility index (Phi) is 5.66. The fourth-order valence-electron chi connectivity index (χ4n) is 2.87. The van der Waals surface area contributed by atoms with Gasteiger partial charge in [0.25, 0.3) is 0 Å². The monoisotopic (exact) mass is 339 g/mol. The van der Waals surface area contributed by atoms with Gasteiger partial charge in [-0.1, -0.05) is 0 Å². The summed E-state index contributed by atoms with van der Waals surface area (Å²) in [6.07, 6.45) is 4.61. The van der Waals surface area contributed by atoms with Crippen molar-refractivity contribution >= 4 is 23.6 Å². The van der Waals surface area contributed by atoms with Crippen LogP contribution in [0.2, 0.25) is 0 Å². The van der Waals surface area contributed by atoms with Crippen LogP contribution in [0.25, 0.3) is 0 Å². The molecule has 0 bridgehead atoms. The zero-order valence-electron chi connectivity index (χ0n) is 13.2. The summed E-state index contributed by atoms with van der Waals surface area (Å²) < 4.78 is 12.8. The highest BCUT2D eigenvalue weighted by Crippen LogP contribution is 2.16.